The van der Waals surface area contributed by atoms with E-state index in [2.05, 4.69) is 341 Å². The first kappa shape index (κ1) is 53.6. The van der Waals surface area contributed by atoms with Gasteiger partial charge in [0.25, 0.3) is 0 Å². The lowest BCUT2D eigenvalue weighted by atomic mass is 9.63. The monoisotopic (exact) mass is 1180 g/mol. The fraction of sp³-hybridized carbons (Fsp3) is 0.0682. The van der Waals surface area contributed by atoms with Crippen LogP contribution < -0.4 is 9.80 Å². The standard InChI is InChI=1S/C88H62N2O2/c1-87(2)73-43-23-42-72-77(90(76-45-20-18-35-61(76)56-28-11-6-12-29-56)79-47-25-41-71-69-39-22-37-63(84(69)92-86(71)79)58-32-15-8-16-33-58)53-52-65(80(72)73)67-51-50-66-64-49-48-59(54-74(64)88(3,4)81(66)82(67)87)89(75-44-19-17-34-60(75)55-26-9-5-10-27-55)78-46-24-40-70-68-38-21-36-62(83(68)91-85(70)78)57-30-13-7-14-31-57/h5-54H,1-4H3. The summed E-state index contributed by atoms with van der Waals surface area (Å²) < 4.78 is 14.5. The highest BCUT2D eigenvalue weighted by molar-refractivity contribution is 6.18. The molecule has 14 aromatic carbocycles. The molecule has 0 unspecified atom stereocenters. The van der Waals surface area contributed by atoms with Gasteiger partial charge in [-0.25, -0.2) is 0 Å². The van der Waals surface area contributed by atoms with E-state index in [0.717, 1.165) is 123 Å². The van der Waals surface area contributed by atoms with E-state index in [1.54, 1.807) is 0 Å². The van der Waals surface area contributed by atoms with Crippen LogP contribution in [-0.2, 0) is 10.8 Å². The highest BCUT2D eigenvalue weighted by Crippen LogP contribution is 2.61. The number of benzene rings is 14. The second-order valence-electron chi connectivity index (χ2n) is 25.8. The molecular weight excluding hydrogens is 1120 g/mol. The Kier molecular flexibility index (Phi) is 12.0. The molecule has 2 aromatic heterocycles. The Morgan fingerprint density at radius 2 is 0.609 bits per heavy atom. The third-order valence-corrected chi connectivity index (χ3v) is 20.0. The van der Waals surface area contributed by atoms with Crippen molar-refractivity contribution in [2.75, 3.05) is 9.80 Å². The summed E-state index contributed by atoms with van der Waals surface area (Å²) in [6.45, 7) is 9.83. The molecule has 0 N–H and O–H groups in total. The van der Waals surface area contributed by atoms with Crippen molar-refractivity contribution in [2.45, 2.75) is 38.5 Å². The van der Waals surface area contributed by atoms with E-state index >= 15 is 0 Å². The Bertz CT molecular complexity index is 5640. The molecule has 92 heavy (non-hydrogen) atoms. The summed E-state index contributed by atoms with van der Waals surface area (Å²) in [6, 6.07) is 111. The van der Waals surface area contributed by atoms with E-state index in [-0.39, 0.29) is 0 Å². The number of nitrogens with zero attached hydrogens (tertiary/aromatic N) is 2. The largest absolute Gasteiger partial charge is 0.453 e. The highest BCUT2D eigenvalue weighted by Gasteiger charge is 2.45. The maximum Gasteiger partial charge on any atom is 0.159 e. The van der Waals surface area contributed by atoms with E-state index in [1.165, 1.54) is 55.3 Å². The Balaban J connectivity index is 0.814. The highest BCUT2D eigenvalue weighted by atomic mass is 16.3. The fourth-order valence-electron chi connectivity index (χ4n) is 15.9. The van der Waals surface area contributed by atoms with Gasteiger partial charge in [0.1, 0.15) is 11.2 Å². The number of hydrogen-bond donors (Lipinski definition) is 0. The van der Waals surface area contributed by atoms with E-state index in [0.29, 0.717) is 0 Å². The van der Waals surface area contributed by atoms with Crippen molar-refractivity contribution >= 4 is 88.8 Å². The summed E-state index contributed by atoms with van der Waals surface area (Å²) in [5.41, 5.74) is 28.2. The third kappa shape index (κ3) is 7.96. The quantitative estimate of drug-likeness (QED) is 0.137. The molecule has 0 spiro atoms. The molecule has 2 aliphatic carbocycles. The van der Waals surface area contributed by atoms with Gasteiger partial charge in [-0.15, -0.1) is 0 Å². The molecule has 2 aliphatic rings. The van der Waals surface area contributed by atoms with Crippen LogP contribution in [0.5, 0.6) is 0 Å². The molecule has 16 aromatic rings. The van der Waals surface area contributed by atoms with Crippen LogP contribution in [0, 0.1) is 0 Å². The van der Waals surface area contributed by atoms with Crippen LogP contribution in [0.15, 0.2) is 312 Å². The van der Waals surface area contributed by atoms with Crippen molar-refractivity contribution in [2.24, 2.45) is 0 Å². The Hall–Kier alpha value is -11.5. The topological polar surface area (TPSA) is 32.8 Å². The Morgan fingerprint density at radius 3 is 1.14 bits per heavy atom. The van der Waals surface area contributed by atoms with Gasteiger partial charge >= 0.3 is 0 Å². The average molecular weight is 1180 g/mol. The van der Waals surface area contributed by atoms with Crippen molar-refractivity contribution < 1.29 is 8.83 Å². The summed E-state index contributed by atoms with van der Waals surface area (Å²) in [6.07, 6.45) is 0. The molecule has 0 bridgehead atoms. The van der Waals surface area contributed by atoms with Gasteiger partial charge in [-0.2, -0.15) is 0 Å². The minimum absolute atomic E-state index is 0.404. The van der Waals surface area contributed by atoms with Crippen LogP contribution in [0.3, 0.4) is 0 Å². The Labute approximate surface area is 535 Å². The summed E-state index contributed by atoms with van der Waals surface area (Å²) in [5, 5.41) is 6.78. The van der Waals surface area contributed by atoms with Gasteiger partial charge < -0.3 is 18.6 Å². The van der Waals surface area contributed by atoms with Gasteiger partial charge in [-0.05, 0) is 115 Å². The normalized spacial score (nSPS) is 13.4. The van der Waals surface area contributed by atoms with Gasteiger partial charge in [-0.3, -0.25) is 0 Å². The van der Waals surface area contributed by atoms with Crippen molar-refractivity contribution in [3.8, 4) is 66.8 Å². The minimum Gasteiger partial charge on any atom is -0.453 e. The van der Waals surface area contributed by atoms with Gasteiger partial charge in [0.05, 0.1) is 28.4 Å². The van der Waals surface area contributed by atoms with Crippen molar-refractivity contribution in [3.63, 3.8) is 0 Å². The first-order valence-electron chi connectivity index (χ1n) is 32.0. The molecule has 0 fully saturated rings. The van der Waals surface area contributed by atoms with E-state index in [4.69, 9.17) is 8.83 Å². The van der Waals surface area contributed by atoms with Crippen LogP contribution in [0.4, 0.5) is 34.1 Å². The molecule has 0 saturated heterocycles. The molecule has 0 atom stereocenters. The molecule has 0 saturated carbocycles. The Morgan fingerprint density at radius 1 is 0.239 bits per heavy atom. The second-order valence-corrected chi connectivity index (χ2v) is 25.8. The number of furan rings is 2. The van der Waals surface area contributed by atoms with E-state index in [1.807, 2.05) is 0 Å². The summed E-state index contributed by atoms with van der Waals surface area (Å²) in [4.78, 5) is 4.92. The molecule has 436 valence electrons. The van der Waals surface area contributed by atoms with Crippen LogP contribution in [0.1, 0.15) is 49.9 Å². The second kappa shape index (κ2) is 20.5. The van der Waals surface area contributed by atoms with Crippen LogP contribution in [0.2, 0.25) is 0 Å². The lowest BCUT2D eigenvalue weighted by molar-refractivity contribution is 0.591. The predicted octanol–water partition coefficient (Wildman–Crippen LogP) is 24.9. The number of rotatable bonds is 10. The number of hydrogen-bond acceptors (Lipinski definition) is 4. The zero-order valence-electron chi connectivity index (χ0n) is 51.6. The predicted molar refractivity (Wildman–Crippen MR) is 385 cm³/mol. The van der Waals surface area contributed by atoms with Crippen LogP contribution >= 0.6 is 0 Å². The first-order chi connectivity index (χ1) is 45.2. The zero-order valence-corrected chi connectivity index (χ0v) is 51.6. The van der Waals surface area contributed by atoms with Gasteiger partial charge in [0, 0.05) is 65.7 Å². The maximum atomic E-state index is 7.29. The lowest BCUT2D eigenvalue weighted by Gasteiger charge is -2.40. The summed E-state index contributed by atoms with van der Waals surface area (Å²) in [5.74, 6) is 0. The van der Waals surface area contributed by atoms with Gasteiger partial charge in [0.15, 0.2) is 11.2 Å². The fourth-order valence-corrected chi connectivity index (χ4v) is 15.9. The van der Waals surface area contributed by atoms with Crippen molar-refractivity contribution in [1.82, 2.24) is 0 Å². The summed E-state index contributed by atoms with van der Waals surface area (Å²) >= 11 is 0. The van der Waals surface area contributed by atoms with Crippen molar-refractivity contribution in [1.29, 1.82) is 0 Å². The van der Waals surface area contributed by atoms with Crippen molar-refractivity contribution in [3.05, 3.63) is 326 Å². The van der Waals surface area contributed by atoms with E-state index in [9.17, 15) is 0 Å². The van der Waals surface area contributed by atoms with Gasteiger partial charge in [0.2, 0.25) is 0 Å². The minimum atomic E-state index is -0.413. The molecule has 0 radical (unpaired) electrons. The molecule has 2 heterocycles. The molecule has 4 nitrogen and oxygen atoms in total. The maximum absolute atomic E-state index is 7.29. The molecule has 18 rings (SSSR count). The lowest BCUT2D eigenvalue weighted by Crippen LogP contribution is -2.29. The molecule has 0 aliphatic heterocycles. The number of anilines is 6. The van der Waals surface area contributed by atoms with Crippen LogP contribution in [-0.4, -0.2) is 0 Å². The molecule has 4 heteroatoms. The smallest absolute Gasteiger partial charge is 0.159 e. The average Bonchev–Trinajstić information content (AvgIpc) is 1.35. The van der Waals surface area contributed by atoms with Crippen LogP contribution in [0.25, 0.3) is 121 Å². The number of para-hydroxylation sites is 6. The van der Waals surface area contributed by atoms with E-state index < -0.39 is 10.8 Å². The molecule has 0 amide bonds. The third-order valence-electron chi connectivity index (χ3n) is 20.0. The summed E-state index contributed by atoms with van der Waals surface area (Å²) in [7, 11) is 0. The zero-order chi connectivity index (χ0) is 61.4. The van der Waals surface area contributed by atoms with Gasteiger partial charge in [-0.1, -0.05) is 289 Å². The molecular formula is C88H62N2O2. The first-order valence-corrected chi connectivity index (χ1v) is 32.0. The number of fused-ring (bicyclic) bond motifs is 12. The SMILES string of the molecule is CC1(C)c2cc(N(c3ccccc3-c3ccccc3)c3cccc4c3oc3c(-c5ccccc5)cccc34)ccc2-c2ccc3c(c21)C(C)(C)c1cccc2c(N(c4ccccc4-c4ccccc4)c4cccc5c4oc4c(-c6ccccc6)cccc45)ccc-3c12.